The quantitative estimate of drug-likeness (QED) is 0.658. The fourth-order valence-corrected chi connectivity index (χ4v) is 2.91. The van der Waals surface area contributed by atoms with Gasteiger partial charge in [-0.3, -0.25) is 4.79 Å². The molecule has 7 heteroatoms. The molecular formula is C18H18Cl2FNO3. The normalized spacial score (nSPS) is 10.6. The van der Waals surface area contributed by atoms with Gasteiger partial charge in [-0.05, 0) is 30.2 Å². The summed E-state index contributed by atoms with van der Waals surface area (Å²) in [5, 5.41) is 12.2. The molecule has 25 heavy (non-hydrogen) atoms. The molecule has 0 aliphatic rings. The number of rotatable bonds is 8. The molecule has 0 heterocycles. The first-order valence-electron chi connectivity index (χ1n) is 7.76. The topological polar surface area (TPSA) is 58.6 Å². The molecule has 0 aromatic heterocycles. The van der Waals surface area contributed by atoms with E-state index in [4.69, 9.17) is 33.0 Å². The zero-order valence-corrected chi connectivity index (χ0v) is 15.1. The lowest BCUT2D eigenvalue weighted by Crippen LogP contribution is -2.06. The molecule has 0 spiro atoms. The van der Waals surface area contributed by atoms with Crippen LogP contribution in [0.3, 0.4) is 0 Å². The van der Waals surface area contributed by atoms with E-state index in [1.54, 1.807) is 18.2 Å². The number of aliphatic carboxylic acids is 1. The number of anilines is 1. The van der Waals surface area contributed by atoms with Crippen LogP contribution in [0.5, 0.6) is 5.75 Å². The molecule has 2 aromatic carbocycles. The maximum atomic E-state index is 14.4. The van der Waals surface area contributed by atoms with Gasteiger partial charge in [0.15, 0.2) is 11.6 Å². The fraction of sp³-hybridized carbons (Fsp3) is 0.278. The third kappa shape index (κ3) is 5.25. The summed E-state index contributed by atoms with van der Waals surface area (Å²) < 4.78 is 20.0. The van der Waals surface area contributed by atoms with Crippen LogP contribution in [0, 0.1) is 5.82 Å². The highest BCUT2D eigenvalue weighted by Gasteiger charge is 2.14. The molecule has 134 valence electrons. The Labute approximate surface area is 155 Å². The van der Waals surface area contributed by atoms with Crippen LogP contribution in [0.15, 0.2) is 30.3 Å². The summed E-state index contributed by atoms with van der Waals surface area (Å²) in [6.45, 7) is 2.62. The Morgan fingerprint density at radius 3 is 2.56 bits per heavy atom. The fourth-order valence-electron chi connectivity index (χ4n) is 2.26. The minimum absolute atomic E-state index is 0.0504. The number of hydrogen-bond donors (Lipinski definition) is 2. The van der Waals surface area contributed by atoms with Crippen LogP contribution in [0.1, 0.15) is 24.5 Å². The standard InChI is InChI=1S/C18H18Cl2FNO3/c1-2-6-22-15-5-3-4-12(17(15)21)10-25-18-13(19)7-11(8-14(18)20)9-16(23)24/h3-5,7-8,22H,2,6,9-10H2,1H3,(H,23,24). The molecule has 0 atom stereocenters. The van der Waals surface area contributed by atoms with Crippen molar-refractivity contribution in [2.24, 2.45) is 0 Å². The lowest BCUT2D eigenvalue weighted by molar-refractivity contribution is -0.136. The van der Waals surface area contributed by atoms with Crippen LogP contribution in [0.2, 0.25) is 10.0 Å². The first-order chi connectivity index (χ1) is 11.9. The average molecular weight is 386 g/mol. The maximum Gasteiger partial charge on any atom is 0.307 e. The van der Waals surface area contributed by atoms with E-state index in [1.807, 2.05) is 6.92 Å². The van der Waals surface area contributed by atoms with Gasteiger partial charge in [-0.25, -0.2) is 4.39 Å². The lowest BCUT2D eigenvalue weighted by atomic mass is 10.1. The van der Waals surface area contributed by atoms with Gasteiger partial charge in [-0.1, -0.05) is 42.3 Å². The number of ether oxygens (including phenoxy) is 1. The van der Waals surface area contributed by atoms with Crippen molar-refractivity contribution in [3.05, 3.63) is 57.3 Å². The van der Waals surface area contributed by atoms with Crippen LogP contribution < -0.4 is 10.1 Å². The number of nitrogens with one attached hydrogen (secondary N) is 1. The maximum absolute atomic E-state index is 14.4. The molecule has 2 N–H and O–H groups in total. The predicted octanol–water partition coefficient (Wildman–Crippen LogP) is 5.16. The Bertz CT molecular complexity index is 745. The van der Waals surface area contributed by atoms with Crippen molar-refractivity contribution in [2.75, 3.05) is 11.9 Å². The lowest BCUT2D eigenvalue weighted by Gasteiger charge is -2.13. The van der Waals surface area contributed by atoms with Gasteiger partial charge in [0.1, 0.15) is 6.61 Å². The summed E-state index contributed by atoms with van der Waals surface area (Å²) in [6, 6.07) is 7.97. The minimum Gasteiger partial charge on any atom is -0.486 e. The number of carboxylic acids is 1. The summed E-state index contributed by atoms with van der Waals surface area (Å²) in [4.78, 5) is 10.8. The van der Waals surface area contributed by atoms with Gasteiger partial charge in [0.2, 0.25) is 0 Å². The van der Waals surface area contributed by atoms with Crippen molar-refractivity contribution in [2.45, 2.75) is 26.4 Å². The number of carbonyl (C=O) groups is 1. The zero-order valence-electron chi connectivity index (χ0n) is 13.6. The molecule has 2 rings (SSSR count). The molecular weight excluding hydrogens is 368 g/mol. The van der Waals surface area contributed by atoms with E-state index in [2.05, 4.69) is 5.32 Å². The molecule has 0 unspecified atom stereocenters. The highest BCUT2D eigenvalue weighted by Crippen LogP contribution is 2.35. The third-order valence-corrected chi connectivity index (χ3v) is 3.99. The SMILES string of the molecule is CCCNc1cccc(COc2c(Cl)cc(CC(=O)O)cc2Cl)c1F. The summed E-state index contributed by atoms with van der Waals surface area (Å²) in [5.41, 5.74) is 1.24. The van der Waals surface area contributed by atoms with E-state index in [0.717, 1.165) is 6.42 Å². The second kappa shape index (κ2) is 8.92. The van der Waals surface area contributed by atoms with Gasteiger partial charge < -0.3 is 15.2 Å². The van der Waals surface area contributed by atoms with Crippen molar-refractivity contribution >= 4 is 34.9 Å². The molecule has 0 saturated heterocycles. The Hall–Kier alpha value is -1.98. The number of benzene rings is 2. The molecule has 0 amide bonds. The van der Waals surface area contributed by atoms with E-state index < -0.39 is 5.97 Å². The summed E-state index contributed by atoms with van der Waals surface area (Å²) in [6.07, 6.45) is 0.688. The largest absolute Gasteiger partial charge is 0.486 e. The molecule has 0 fully saturated rings. The van der Waals surface area contributed by atoms with Crippen LogP contribution in [-0.4, -0.2) is 17.6 Å². The first kappa shape index (κ1) is 19.3. The Kier molecular flexibility index (Phi) is 6.91. The third-order valence-electron chi connectivity index (χ3n) is 3.43. The van der Waals surface area contributed by atoms with E-state index in [9.17, 15) is 9.18 Å². The van der Waals surface area contributed by atoms with Gasteiger partial charge in [-0.2, -0.15) is 0 Å². The van der Waals surface area contributed by atoms with Gasteiger partial charge in [0.25, 0.3) is 0 Å². The Balaban J connectivity index is 2.15. The number of halogens is 3. The first-order valence-corrected chi connectivity index (χ1v) is 8.51. The van der Waals surface area contributed by atoms with Crippen molar-refractivity contribution in [1.29, 1.82) is 0 Å². The summed E-state index contributed by atoms with van der Waals surface area (Å²) >= 11 is 12.2. The van der Waals surface area contributed by atoms with Crippen LogP contribution in [-0.2, 0) is 17.8 Å². The zero-order chi connectivity index (χ0) is 18.4. The smallest absolute Gasteiger partial charge is 0.307 e. The molecule has 0 radical (unpaired) electrons. The molecule has 0 bridgehead atoms. The predicted molar refractivity (Wildman–Crippen MR) is 97.3 cm³/mol. The van der Waals surface area contributed by atoms with Gasteiger partial charge in [-0.15, -0.1) is 0 Å². The van der Waals surface area contributed by atoms with Gasteiger partial charge in [0, 0.05) is 12.1 Å². The highest BCUT2D eigenvalue weighted by molar-refractivity contribution is 6.37. The average Bonchev–Trinajstić information content (AvgIpc) is 2.53. The van der Waals surface area contributed by atoms with Crippen LogP contribution in [0.4, 0.5) is 10.1 Å². The molecule has 0 aliphatic carbocycles. The molecule has 2 aromatic rings. The molecule has 0 saturated carbocycles. The van der Waals surface area contributed by atoms with E-state index in [0.29, 0.717) is 23.4 Å². The molecule has 0 aliphatic heterocycles. The van der Waals surface area contributed by atoms with Gasteiger partial charge in [0.05, 0.1) is 22.2 Å². The van der Waals surface area contributed by atoms with Gasteiger partial charge >= 0.3 is 5.97 Å². The Morgan fingerprint density at radius 1 is 1.28 bits per heavy atom. The van der Waals surface area contributed by atoms with E-state index in [-0.39, 0.29) is 34.6 Å². The minimum atomic E-state index is -0.987. The monoisotopic (exact) mass is 385 g/mol. The Morgan fingerprint density at radius 2 is 1.96 bits per heavy atom. The van der Waals surface area contributed by atoms with Crippen molar-refractivity contribution < 1.29 is 19.0 Å². The second-order valence-corrected chi connectivity index (χ2v) is 6.27. The van der Waals surface area contributed by atoms with Crippen molar-refractivity contribution in [1.82, 2.24) is 0 Å². The second-order valence-electron chi connectivity index (χ2n) is 5.45. The molecule has 4 nitrogen and oxygen atoms in total. The van der Waals surface area contributed by atoms with Crippen molar-refractivity contribution in [3.63, 3.8) is 0 Å². The summed E-state index contributed by atoms with van der Waals surface area (Å²) in [5.74, 6) is -1.17. The van der Waals surface area contributed by atoms with E-state index >= 15 is 0 Å². The number of hydrogen-bond acceptors (Lipinski definition) is 3. The van der Waals surface area contributed by atoms with Crippen LogP contribution >= 0.6 is 23.2 Å². The summed E-state index contributed by atoms with van der Waals surface area (Å²) in [7, 11) is 0. The van der Waals surface area contributed by atoms with E-state index in [1.165, 1.54) is 12.1 Å². The van der Waals surface area contributed by atoms with Crippen LogP contribution in [0.25, 0.3) is 0 Å². The van der Waals surface area contributed by atoms with Crippen molar-refractivity contribution in [3.8, 4) is 5.75 Å². The number of carboxylic acid groups (broad SMARTS) is 1. The highest BCUT2D eigenvalue weighted by atomic mass is 35.5.